The number of aliphatic imine (C=N–C) groups is 1. The Bertz CT molecular complexity index is 940. The van der Waals surface area contributed by atoms with Crippen molar-refractivity contribution >= 4 is 17.4 Å². The summed E-state index contributed by atoms with van der Waals surface area (Å²) < 4.78 is 2.09. The number of nitrogens with one attached hydrogen (secondary N) is 1. The van der Waals surface area contributed by atoms with Crippen LogP contribution in [0, 0.1) is 6.92 Å². The highest BCUT2D eigenvalue weighted by molar-refractivity contribution is 5.80. The first kappa shape index (κ1) is 18.3. The van der Waals surface area contributed by atoms with E-state index >= 15 is 0 Å². The van der Waals surface area contributed by atoms with Gasteiger partial charge in [-0.3, -0.25) is 4.99 Å². The summed E-state index contributed by atoms with van der Waals surface area (Å²) in [7, 11) is 1.85. The molecule has 0 bridgehead atoms. The Labute approximate surface area is 165 Å². The molecular weight excluding hydrogens is 350 g/mol. The summed E-state index contributed by atoms with van der Waals surface area (Å²) in [5.41, 5.74) is 3.33. The lowest BCUT2D eigenvalue weighted by Crippen LogP contribution is -2.53. The van der Waals surface area contributed by atoms with Crippen molar-refractivity contribution in [3.8, 4) is 0 Å². The average molecular weight is 377 g/mol. The number of hydrogen-bond donors (Lipinski definition) is 1. The molecular formula is C21H27N7. The molecule has 4 heterocycles. The molecule has 1 N–H and O–H groups in total. The number of aromatic nitrogens is 3. The third-order valence-corrected chi connectivity index (χ3v) is 5.16. The first-order valence-corrected chi connectivity index (χ1v) is 9.79. The smallest absolute Gasteiger partial charge is 0.193 e. The van der Waals surface area contributed by atoms with Gasteiger partial charge in [0.25, 0.3) is 0 Å². The highest BCUT2D eigenvalue weighted by atomic mass is 15.4. The average Bonchev–Trinajstić information content (AvgIpc) is 3.17. The first-order valence-electron chi connectivity index (χ1n) is 9.79. The normalized spacial score (nSPS) is 15.3. The van der Waals surface area contributed by atoms with Gasteiger partial charge in [0.2, 0.25) is 0 Å². The van der Waals surface area contributed by atoms with E-state index in [-0.39, 0.29) is 0 Å². The fourth-order valence-corrected chi connectivity index (χ4v) is 3.65. The number of hydrogen-bond acceptors (Lipinski definition) is 4. The van der Waals surface area contributed by atoms with Crippen molar-refractivity contribution in [2.45, 2.75) is 13.3 Å². The van der Waals surface area contributed by atoms with Crippen molar-refractivity contribution in [3.05, 3.63) is 60.2 Å². The van der Waals surface area contributed by atoms with Gasteiger partial charge in [-0.05, 0) is 30.7 Å². The van der Waals surface area contributed by atoms with E-state index in [1.807, 2.05) is 31.6 Å². The number of pyridine rings is 2. The minimum atomic E-state index is 0.816. The zero-order valence-corrected chi connectivity index (χ0v) is 16.5. The molecule has 0 radical (unpaired) electrons. The fourth-order valence-electron chi connectivity index (χ4n) is 3.65. The number of imidazole rings is 1. The minimum Gasteiger partial charge on any atom is -0.356 e. The maximum atomic E-state index is 4.75. The number of fused-ring (bicyclic) bond motifs is 1. The SMILES string of the molecule is CN=C(NCCc1cn2cccc(C)c2n1)N1CCN(c2ccccn2)CC1. The Morgan fingerprint density at radius 3 is 2.71 bits per heavy atom. The molecule has 0 unspecified atom stereocenters. The third kappa shape index (κ3) is 3.93. The molecule has 7 heteroatoms. The fraction of sp³-hybridized carbons (Fsp3) is 0.381. The van der Waals surface area contributed by atoms with Crippen molar-refractivity contribution in [2.75, 3.05) is 44.7 Å². The zero-order chi connectivity index (χ0) is 19.3. The Balaban J connectivity index is 1.30. The molecule has 1 aliphatic heterocycles. The summed E-state index contributed by atoms with van der Waals surface area (Å²) in [6.45, 7) is 6.67. The molecule has 3 aromatic rings. The van der Waals surface area contributed by atoms with E-state index in [2.05, 4.69) is 60.8 Å². The van der Waals surface area contributed by atoms with Gasteiger partial charge in [0.05, 0.1) is 5.69 Å². The molecule has 1 aliphatic rings. The molecule has 4 rings (SSSR count). The summed E-state index contributed by atoms with van der Waals surface area (Å²) in [5, 5.41) is 3.49. The van der Waals surface area contributed by atoms with Gasteiger partial charge in [-0.15, -0.1) is 0 Å². The predicted octanol–water partition coefficient (Wildman–Crippen LogP) is 1.98. The molecule has 146 valence electrons. The molecule has 1 fully saturated rings. The van der Waals surface area contributed by atoms with Crippen LogP contribution in [0.3, 0.4) is 0 Å². The summed E-state index contributed by atoms with van der Waals surface area (Å²) in [5.74, 6) is 2.01. The van der Waals surface area contributed by atoms with Crippen LogP contribution in [0.5, 0.6) is 0 Å². The summed E-state index contributed by atoms with van der Waals surface area (Å²) in [6, 6.07) is 10.2. The topological polar surface area (TPSA) is 61.1 Å². The van der Waals surface area contributed by atoms with Crippen molar-refractivity contribution < 1.29 is 0 Å². The zero-order valence-electron chi connectivity index (χ0n) is 16.5. The molecule has 28 heavy (non-hydrogen) atoms. The van der Waals surface area contributed by atoms with Crippen LogP contribution < -0.4 is 10.2 Å². The highest BCUT2D eigenvalue weighted by Crippen LogP contribution is 2.13. The van der Waals surface area contributed by atoms with Crippen LogP contribution >= 0.6 is 0 Å². The van der Waals surface area contributed by atoms with E-state index in [0.717, 1.165) is 62.3 Å². The van der Waals surface area contributed by atoms with E-state index in [0.29, 0.717) is 0 Å². The second kappa shape index (κ2) is 8.29. The van der Waals surface area contributed by atoms with E-state index in [1.165, 1.54) is 5.56 Å². The number of piperazine rings is 1. The number of anilines is 1. The van der Waals surface area contributed by atoms with Crippen LogP contribution in [-0.2, 0) is 6.42 Å². The van der Waals surface area contributed by atoms with Crippen LogP contribution in [0.2, 0.25) is 0 Å². The highest BCUT2D eigenvalue weighted by Gasteiger charge is 2.20. The number of rotatable bonds is 4. The van der Waals surface area contributed by atoms with Gasteiger partial charge < -0.3 is 19.5 Å². The number of guanidine groups is 1. The van der Waals surface area contributed by atoms with Gasteiger partial charge in [0.15, 0.2) is 5.96 Å². The maximum Gasteiger partial charge on any atom is 0.193 e. The van der Waals surface area contributed by atoms with E-state index in [4.69, 9.17) is 4.98 Å². The standard InChI is InChI=1S/C21H27N7/c1-17-6-5-11-28-16-18(25-20(17)28)8-10-24-21(22-2)27-14-12-26(13-15-27)19-7-3-4-9-23-19/h3-7,9,11,16H,8,10,12-15H2,1-2H3,(H,22,24). The van der Waals surface area contributed by atoms with Crippen molar-refractivity contribution in [1.82, 2.24) is 24.6 Å². The number of nitrogens with zero attached hydrogens (tertiary/aromatic N) is 6. The largest absolute Gasteiger partial charge is 0.356 e. The van der Waals surface area contributed by atoms with Crippen LogP contribution in [-0.4, -0.2) is 65.0 Å². The Morgan fingerprint density at radius 1 is 1.14 bits per heavy atom. The Kier molecular flexibility index (Phi) is 5.41. The number of aryl methyl sites for hydroxylation is 1. The van der Waals surface area contributed by atoms with Gasteiger partial charge >= 0.3 is 0 Å². The van der Waals surface area contributed by atoms with Gasteiger partial charge in [-0.2, -0.15) is 0 Å². The molecule has 7 nitrogen and oxygen atoms in total. The van der Waals surface area contributed by atoms with E-state index in [9.17, 15) is 0 Å². The molecule has 0 aromatic carbocycles. The Hall–Kier alpha value is -3.09. The maximum absolute atomic E-state index is 4.75. The summed E-state index contributed by atoms with van der Waals surface area (Å²) in [6.07, 6.45) is 6.88. The minimum absolute atomic E-state index is 0.816. The molecule has 3 aromatic heterocycles. The third-order valence-electron chi connectivity index (χ3n) is 5.16. The van der Waals surface area contributed by atoms with Crippen LogP contribution in [0.15, 0.2) is 53.9 Å². The van der Waals surface area contributed by atoms with Crippen molar-refractivity contribution in [3.63, 3.8) is 0 Å². The van der Waals surface area contributed by atoms with Gasteiger partial charge in [0.1, 0.15) is 11.5 Å². The summed E-state index contributed by atoms with van der Waals surface area (Å²) >= 11 is 0. The lowest BCUT2D eigenvalue weighted by molar-refractivity contribution is 0.372. The molecule has 0 amide bonds. The lowest BCUT2D eigenvalue weighted by atomic mass is 10.3. The Morgan fingerprint density at radius 2 is 2.00 bits per heavy atom. The van der Waals surface area contributed by atoms with Gasteiger partial charge in [-0.25, -0.2) is 9.97 Å². The van der Waals surface area contributed by atoms with Crippen molar-refractivity contribution in [1.29, 1.82) is 0 Å². The second-order valence-electron chi connectivity index (χ2n) is 7.04. The second-order valence-corrected chi connectivity index (χ2v) is 7.04. The predicted molar refractivity (Wildman–Crippen MR) is 113 cm³/mol. The molecule has 0 atom stereocenters. The molecule has 0 spiro atoms. The molecule has 0 aliphatic carbocycles. The summed E-state index contributed by atoms with van der Waals surface area (Å²) in [4.78, 5) is 18.3. The van der Waals surface area contributed by atoms with Crippen LogP contribution in [0.1, 0.15) is 11.3 Å². The quantitative estimate of drug-likeness (QED) is 0.556. The van der Waals surface area contributed by atoms with Gasteiger partial charge in [0, 0.05) is 64.8 Å². The molecule has 1 saturated heterocycles. The lowest BCUT2D eigenvalue weighted by Gasteiger charge is -2.37. The first-order chi connectivity index (χ1) is 13.7. The van der Waals surface area contributed by atoms with Crippen LogP contribution in [0.4, 0.5) is 5.82 Å². The van der Waals surface area contributed by atoms with E-state index < -0.39 is 0 Å². The van der Waals surface area contributed by atoms with E-state index in [1.54, 1.807) is 0 Å². The molecule has 0 saturated carbocycles. The van der Waals surface area contributed by atoms with Crippen LogP contribution in [0.25, 0.3) is 5.65 Å². The van der Waals surface area contributed by atoms with Gasteiger partial charge in [-0.1, -0.05) is 12.1 Å². The monoisotopic (exact) mass is 377 g/mol. The van der Waals surface area contributed by atoms with Crippen molar-refractivity contribution in [2.24, 2.45) is 4.99 Å².